The van der Waals surface area contributed by atoms with Crippen LogP contribution in [0, 0.1) is 0 Å². The van der Waals surface area contributed by atoms with Gasteiger partial charge >= 0.3 is 0 Å². The summed E-state index contributed by atoms with van der Waals surface area (Å²) in [5, 5.41) is 0. The first-order valence-electron chi connectivity index (χ1n) is 8.61. The van der Waals surface area contributed by atoms with E-state index in [-0.39, 0.29) is 11.7 Å². The molecule has 0 N–H and O–H groups in total. The molecule has 5 heteroatoms. The lowest BCUT2D eigenvalue weighted by Crippen LogP contribution is -2.48. The molecular formula is C21H21BrN2O2. The fourth-order valence-corrected chi connectivity index (χ4v) is 3.39. The number of Topliss-reactive ketones (excluding diaryl/α,β-unsaturated/α-hetero) is 1. The quantitative estimate of drug-likeness (QED) is 0.562. The van der Waals surface area contributed by atoms with E-state index < -0.39 is 0 Å². The van der Waals surface area contributed by atoms with Crippen molar-refractivity contribution in [2.45, 2.75) is 6.92 Å². The Morgan fingerprint density at radius 2 is 1.69 bits per heavy atom. The van der Waals surface area contributed by atoms with Gasteiger partial charge in [0.05, 0.1) is 0 Å². The summed E-state index contributed by atoms with van der Waals surface area (Å²) >= 11 is 3.43. The topological polar surface area (TPSA) is 40.6 Å². The normalized spacial score (nSPS) is 14.7. The maximum Gasteiger partial charge on any atom is 0.246 e. The molecule has 0 aromatic heterocycles. The molecule has 1 fully saturated rings. The summed E-state index contributed by atoms with van der Waals surface area (Å²) in [5.74, 6) is 0.112. The molecule has 0 bridgehead atoms. The molecule has 3 rings (SSSR count). The molecule has 2 aromatic carbocycles. The van der Waals surface area contributed by atoms with E-state index >= 15 is 0 Å². The van der Waals surface area contributed by atoms with E-state index in [9.17, 15) is 9.59 Å². The third-order valence-corrected chi connectivity index (χ3v) is 4.99. The van der Waals surface area contributed by atoms with Gasteiger partial charge in [-0.15, -0.1) is 0 Å². The second-order valence-electron chi connectivity index (χ2n) is 6.30. The number of benzene rings is 2. The van der Waals surface area contributed by atoms with Gasteiger partial charge in [0.2, 0.25) is 5.91 Å². The van der Waals surface area contributed by atoms with E-state index in [2.05, 4.69) is 20.8 Å². The van der Waals surface area contributed by atoms with Gasteiger partial charge in [-0.3, -0.25) is 9.59 Å². The molecule has 134 valence electrons. The molecule has 4 nitrogen and oxygen atoms in total. The molecule has 1 heterocycles. The molecule has 0 spiro atoms. The minimum absolute atomic E-state index is 0.0385. The Bertz CT molecular complexity index is 822. The molecule has 0 radical (unpaired) electrons. The Hall–Kier alpha value is -2.40. The zero-order chi connectivity index (χ0) is 18.5. The second-order valence-corrected chi connectivity index (χ2v) is 7.22. The van der Waals surface area contributed by atoms with Gasteiger partial charge in [0, 0.05) is 48.0 Å². The molecule has 1 aliphatic rings. The number of rotatable bonds is 4. The van der Waals surface area contributed by atoms with E-state index in [1.165, 1.54) is 0 Å². The lowest BCUT2D eigenvalue weighted by molar-refractivity contribution is -0.126. The van der Waals surface area contributed by atoms with E-state index in [1.54, 1.807) is 13.0 Å². The SMILES string of the molecule is CC(=O)c1ccc(N2CCN(C(=O)/C=C/c3cccc(Br)c3)CC2)cc1. The van der Waals surface area contributed by atoms with Crippen LogP contribution in [0.15, 0.2) is 59.1 Å². The molecule has 1 amide bonds. The number of halogens is 1. The summed E-state index contributed by atoms with van der Waals surface area (Å²) in [7, 11) is 0. The highest BCUT2D eigenvalue weighted by Crippen LogP contribution is 2.18. The molecule has 0 atom stereocenters. The average molecular weight is 413 g/mol. The molecule has 0 unspecified atom stereocenters. The zero-order valence-electron chi connectivity index (χ0n) is 14.7. The third-order valence-electron chi connectivity index (χ3n) is 4.50. The standard InChI is InChI=1S/C21H21BrN2O2/c1-16(25)18-6-8-20(9-7-18)23-11-13-24(14-12-23)21(26)10-5-17-3-2-4-19(22)15-17/h2-10,15H,11-14H2,1H3/b10-5+. The van der Waals surface area contributed by atoms with Crippen molar-refractivity contribution in [1.29, 1.82) is 0 Å². The first kappa shape index (κ1) is 18.4. The third kappa shape index (κ3) is 4.61. The lowest BCUT2D eigenvalue weighted by Gasteiger charge is -2.35. The minimum atomic E-state index is 0.0385. The van der Waals surface area contributed by atoms with Gasteiger partial charge in [-0.05, 0) is 55.0 Å². The van der Waals surface area contributed by atoms with Crippen molar-refractivity contribution in [3.05, 3.63) is 70.2 Å². The summed E-state index contributed by atoms with van der Waals surface area (Å²) in [4.78, 5) is 27.9. The molecule has 0 saturated carbocycles. The molecule has 1 aliphatic heterocycles. The van der Waals surface area contributed by atoms with E-state index in [0.29, 0.717) is 13.1 Å². The number of amides is 1. The van der Waals surface area contributed by atoms with Gasteiger partial charge in [-0.1, -0.05) is 28.1 Å². The zero-order valence-corrected chi connectivity index (χ0v) is 16.3. The monoisotopic (exact) mass is 412 g/mol. The van der Waals surface area contributed by atoms with E-state index in [0.717, 1.165) is 34.4 Å². The van der Waals surface area contributed by atoms with Crippen LogP contribution < -0.4 is 4.90 Å². The first-order valence-corrected chi connectivity index (χ1v) is 9.41. The fraction of sp³-hybridized carbons (Fsp3) is 0.238. The van der Waals surface area contributed by atoms with Crippen LogP contribution in [-0.2, 0) is 4.79 Å². The predicted molar refractivity (Wildman–Crippen MR) is 108 cm³/mol. The van der Waals surface area contributed by atoms with Crippen molar-refractivity contribution in [3.8, 4) is 0 Å². The highest BCUT2D eigenvalue weighted by molar-refractivity contribution is 9.10. The number of piperazine rings is 1. The summed E-state index contributed by atoms with van der Waals surface area (Å²) in [6, 6.07) is 15.5. The van der Waals surface area contributed by atoms with Gasteiger partial charge in [0.1, 0.15) is 0 Å². The van der Waals surface area contributed by atoms with Crippen LogP contribution >= 0.6 is 15.9 Å². The summed E-state index contributed by atoms with van der Waals surface area (Å²) < 4.78 is 0.997. The summed E-state index contributed by atoms with van der Waals surface area (Å²) in [6.45, 7) is 4.53. The number of hydrogen-bond acceptors (Lipinski definition) is 3. The van der Waals surface area contributed by atoms with Gasteiger partial charge < -0.3 is 9.80 Å². The van der Waals surface area contributed by atoms with Crippen LogP contribution in [0.3, 0.4) is 0 Å². The molecule has 26 heavy (non-hydrogen) atoms. The maximum absolute atomic E-state index is 12.4. The fourth-order valence-electron chi connectivity index (χ4n) is 2.98. The summed E-state index contributed by atoms with van der Waals surface area (Å²) in [6.07, 6.45) is 3.49. The second kappa shape index (κ2) is 8.32. The number of nitrogens with zero attached hydrogens (tertiary/aromatic N) is 2. The summed E-state index contributed by atoms with van der Waals surface area (Å²) in [5.41, 5.74) is 2.81. The van der Waals surface area contributed by atoms with Crippen LogP contribution in [0.5, 0.6) is 0 Å². The smallest absolute Gasteiger partial charge is 0.246 e. The molecule has 2 aromatic rings. The van der Waals surface area contributed by atoms with Crippen LogP contribution in [-0.4, -0.2) is 42.8 Å². The van der Waals surface area contributed by atoms with E-state index in [4.69, 9.17) is 0 Å². The number of ketones is 1. The highest BCUT2D eigenvalue weighted by Gasteiger charge is 2.19. The number of carbonyl (C=O) groups excluding carboxylic acids is 2. The highest BCUT2D eigenvalue weighted by atomic mass is 79.9. The van der Waals surface area contributed by atoms with Crippen LogP contribution in [0.1, 0.15) is 22.8 Å². The van der Waals surface area contributed by atoms with Crippen LogP contribution in [0.25, 0.3) is 6.08 Å². The Kier molecular flexibility index (Phi) is 5.89. The van der Waals surface area contributed by atoms with Crippen molar-refractivity contribution in [3.63, 3.8) is 0 Å². The number of carbonyl (C=O) groups is 2. The molecule has 0 aliphatic carbocycles. The number of anilines is 1. The van der Waals surface area contributed by atoms with Crippen molar-refractivity contribution < 1.29 is 9.59 Å². The van der Waals surface area contributed by atoms with E-state index in [1.807, 2.05) is 59.5 Å². The Morgan fingerprint density at radius 3 is 2.31 bits per heavy atom. The molecular weight excluding hydrogens is 392 g/mol. The van der Waals surface area contributed by atoms with Gasteiger partial charge in [-0.2, -0.15) is 0 Å². The van der Waals surface area contributed by atoms with Crippen molar-refractivity contribution in [1.82, 2.24) is 4.90 Å². The number of hydrogen-bond donors (Lipinski definition) is 0. The Morgan fingerprint density at radius 1 is 1.00 bits per heavy atom. The van der Waals surface area contributed by atoms with Crippen LogP contribution in [0.2, 0.25) is 0 Å². The van der Waals surface area contributed by atoms with Crippen molar-refractivity contribution in [2.24, 2.45) is 0 Å². The maximum atomic E-state index is 12.4. The average Bonchev–Trinajstić information content (AvgIpc) is 2.66. The predicted octanol–water partition coefficient (Wildman–Crippen LogP) is 4.01. The Labute approximate surface area is 162 Å². The Balaban J connectivity index is 1.56. The van der Waals surface area contributed by atoms with Crippen molar-refractivity contribution >= 4 is 39.4 Å². The van der Waals surface area contributed by atoms with Gasteiger partial charge in [0.15, 0.2) is 5.78 Å². The van der Waals surface area contributed by atoms with Crippen LogP contribution in [0.4, 0.5) is 5.69 Å². The van der Waals surface area contributed by atoms with Gasteiger partial charge in [0.25, 0.3) is 0 Å². The van der Waals surface area contributed by atoms with Crippen molar-refractivity contribution in [2.75, 3.05) is 31.1 Å². The lowest BCUT2D eigenvalue weighted by atomic mass is 10.1. The largest absolute Gasteiger partial charge is 0.368 e. The van der Waals surface area contributed by atoms with Gasteiger partial charge in [-0.25, -0.2) is 0 Å². The minimum Gasteiger partial charge on any atom is -0.368 e. The first-order chi connectivity index (χ1) is 12.5. The molecule has 1 saturated heterocycles.